The van der Waals surface area contributed by atoms with Gasteiger partial charge in [0.2, 0.25) is 0 Å². The average Bonchev–Trinajstić information content (AvgIpc) is 2.76. The van der Waals surface area contributed by atoms with E-state index in [0.29, 0.717) is 6.54 Å². The zero-order valence-electron chi connectivity index (χ0n) is 11.5. The fourth-order valence-corrected chi connectivity index (χ4v) is 2.35. The molecule has 1 aromatic heterocycles. The third-order valence-electron chi connectivity index (χ3n) is 3.29. The van der Waals surface area contributed by atoms with Crippen LogP contribution in [0.2, 0.25) is 0 Å². The fraction of sp³-hybridized carbons (Fsp3) is 0.467. The second kappa shape index (κ2) is 6.31. The smallest absolute Gasteiger partial charge is 0.347 e. The van der Waals surface area contributed by atoms with Crippen molar-refractivity contribution < 1.29 is 13.2 Å². The van der Waals surface area contributed by atoms with Gasteiger partial charge in [-0.2, -0.15) is 13.2 Å². The molecule has 0 spiro atoms. The molecule has 0 bridgehead atoms. The van der Waals surface area contributed by atoms with Gasteiger partial charge in [-0.15, -0.1) is 0 Å². The quantitative estimate of drug-likeness (QED) is 0.794. The number of fused-ring (bicyclic) bond motifs is 1. The van der Waals surface area contributed by atoms with Crippen LogP contribution in [0.3, 0.4) is 0 Å². The van der Waals surface area contributed by atoms with E-state index < -0.39 is 18.6 Å². The van der Waals surface area contributed by atoms with Crippen molar-refractivity contribution in [1.29, 1.82) is 0 Å². The number of hydrogen-bond donors (Lipinski definition) is 1. The molecule has 0 aliphatic carbocycles. The van der Waals surface area contributed by atoms with Crippen LogP contribution in [0.5, 0.6) is 0 Å². The maximum absolute atomic E-state index is 12.2. The molecule has 1 heterocycles. The number of hydrogen-bond acceptors (Lipinski definition) is 1. The first-order valence-corrected chi connectivity index (χ1v) is 6.80. The highest BCUT2D eigenvalue weighted by Crippen LogP contribution is 2.21. The van der Waals surface area contributed by atoms with Crippen LogP contribution in [-0.4, -0.2) is 23.3 Å². The number of rotatable bonds is 6. The zero-order valence-corrected chi connectivity index (χ0v) is 11.5. The molecule has 0 saturated carbocycles. The number of nitrogens with zero attached hydrogens (tertiary/aromatic N) is 1. The molecule has 1 aromatic carbocycles. The van der Waals surface area contributed by atoms with Crippen molar-refractivity contribution in [2.75, 3.05) is 6.54 Å². The van der Waals surface area contributed by atoms with Gasteiger partial charge in [-0.1, -0.05) is 18.2 Å². The molecule has 2 rings (SSSR count). The Kier molecular flexibility index (Phi) is 4.70. The third kappa shape index (κ3) is 4.27. The van der Waals surface area contributed by atoms with Gasteiger partial charge in [0.15, 0.2) is 0 Å². The maximum Gasteiger partial charge on any atom is 0.390 e. The summed E-state index contributed by atoms with van der Waals surface area (Å²) in [6, 6.07) is 9.60. The van der Waals surface area contributed by atoms with E-state index in [2.05, 4.69) is 28.1 Å². The van der Waals surface area contributed by atoms with Crippen molar-refractivity contribution in [3.05, 3.63) is 36.5 Å². The molecular formula is C15H19F3N2. The average molecular weight is 284 g/mol. The molecule has 5 heteroatoms. The second-order valence-electron chi connectivity index (χ2n) is 5.10. The molecule has 0 fully saturated rings. The number of alkyl halides is 3. The van der Waals surface area contributed by atoms with E-state index in [1.54, 1.807) is 6.92 Å². The SMILES string of the molecule is C[C@@H](CC(F)(F)F)NCCCn1ccc2ccccc21. The van der Waals surface area contributed by atoms with Crippen molar-refractivity contribution in [1.82, 2.24) is 9.88 Å². The summed E-state index contributed by atoms with van der Waals surface area (Å²) in [5.74, 6) is 0. The summed E-state index contributed by atoms with van der Waals surface area (Å²) in [7, 11) is 0. The van der Waals surface area contributed by atoms with Crippen molar-refractivity contribution in [3.8, 4) is 0 Å². The first-order valence-electron chi connectivity index (χ1n) is 6.80. The number of nitrogens with one attached hydrogen (secondary N) is 1. The lowest BCUT2D eigenvalue weighted by molar-refractivity contribution is -0.139. The van der Waals surface area contributed by atoms with Gasteiger partial charge < -0.3 is 9.88 Å². The van der Waals surface area contributed by atoms with E-state index in [4.69, 9.17) is 0 Å². The van der Waals surface area contributed by atoms with E-state index in [9.17, 15) is 13.2 Å². The first kappa shape index (κ1) is 14.9. The van der Waals surface area contributed by atoms with Gasteiger partial charge in [0.05, 0.1) is 6.42 Å². The molecule has 1 atom stereocenters. The molecule has 110 valence electrons. The summed E-state index contributed by atoms with van der Waals surface area (Å²) in [5, 5.41) is 4.10. The highest BCUT2D eigenvalue weighted by molar-refractivity contribution is 5.79. The van der Waals surface area contributed by atoms with E-state index >= 15 is 0 Å². The number of para-hydroxylation sites is 1. The Labute approximate surface area is 116 Å². The summed E-state index contributed by atoms with van der Waals surface area (Å²) in [6.07, 6.45) is -2.05. The van der Waals surface area contributed by atoms with E-state index in [1.165, 1.54) is 5.39 Å². The van der Waals surface area contributed by atoms with Crippen LogP contribution in [0, 0.1) is 0 Å². The largest absolute Gasteiger partial charge is 0.390 e. The molecule has 2 aromatic rings. The molecule has 0 unspecified atom stereocenters. The third-order valence-corrected chi connectivity index (χ3v) is 3.29. The summed E-state index contributed by atoms with van der Waals surface area (Å²) in [5.41, 5.74) is 1.16. The number of halogens is 3. The number of benzene rings is 1. The van der Waals surface area contributed by atoms with E-state index in [-0.39, 0.29) is 0 Å². The van der Waals surface area contributed by atoms with Crippen molar-refractivity contribution in [3.63, 3.8) is 0 Å². The molecule has 2 nitrogen and oxygen atoms in total. The highest BCUT2D eigenvalue weighted by atomic mass is 19.4. The molecule has 20 heavy (non-hydrogen) atoms. The minimum atomic E-state index is -4.09. The first-order chi connectivity index (χ1) is 9.46. The van der Waals surface area contributed by atoms with Crippen molar-refractivity contribution in [2.24, 2.45) is 0 Å². The van der Waals surface area contributed by atoms with Crippen molar-refractivity contribution in [2.45, 2.75) is 38.5 Å². The molecule has 1 N–H and O–H groups in total. The lowest BCUT2D eigenvalue weighted by Gasteiger charge is -2.15. The number of aromatic nitrogens is 1. The Bertz CT molecular complexity index is 545. The van der Waals surface area contributed by atoms with Crippen molar-refractivity contribution >= 4 is 10.9 Å². The highest BCUT2D eigenvalue weighted by Gasteiger charge is 2.29. The van der Waals surface area contributed by atoms with Crippen LogP contribution in [0.25, 0.3) is 10.9 Å². The van der Waals surface area contributed by atoms with Gasteiger partial charge in [-0.25, -0.2) is 0 Å². The van der Waals surface area contributed by atoms with Gasteiger partial charge in [0.25, 0.3) is 0 Å². The predicted octanol–water partition coefficient (Wildman–Crippen LogP) is 3.96. The molecular weight excluding hydrogens is 265 g/mol. The second-order valence-corrected chi connectivity index (χ2v) is 5.10. The van der Waals surface area contributed by atoms with Crippen LogP contribution >= 0.6 is 0 Å². The minimum Gasteiger partial charge on any atom is -0.347 e. The van der Waals surface area contributed by atoms with Gasteiger partial charge in [0.1, 0.15) is 0 Å². The molecule has 0 radical (unpaired) electrons. The standard InChI is InChI=1S/C15H19F3N2/c1-12(11-15(16,17)18)19-8-4-9-20-10-7-13-5-2-3-6-14(13)20/h2-3,5-7,10,12,19H,4,8-9,11H2,1H3/t12-/m0/s1. The zero-order chi connectivity index (χ0) is 14.6. The van der Waals surface area contributed by atoms with Crippen LogP contribution < -0.4 is 5.32 Å². The van der Waals surface area contributed by atoms with E-state index in [0.717, 1.165) is 18.5 Å². The number of aryl methyl sites for hydroxylation is 1. The van der Waals surface area contributed by atoms with Crippen LogP contribution in [0.4, 0.5) is 13.2 Å². The molecule has 0 amide bonds. The summed E-state index contributed by atoms with van der Waals surface area (Å²) >= 11 is 0. The summed E-state index contributed by atoms with van der Waals surface area (Å²) in [4.78, 5) is 0. The molecule has 0 aliphatic rings. The minimum absolute atomic E-state index is 0.531. The Balaban J connectivity index is 1.76. The van der Waals surface area contributed by atoms with Gasteiger partial charge in [0, 0.05) is 24.3 Å². The molecule has 0 saturated heterocycles. The Morgan fingerprint density at radius 3 is 2.70 bits per heavy atom. The van der Waals surface area contributed by atoms with Gasteiger partial charge in [-0.05, 0) is 37.4 Å². The lowest BCUT2D eigenvalue weighted by Crippen LogP contribution is -2.32. The van der Waals surface area contributed by atoms with Crippen LogP contribution in [-0.2, 0) is 6.54 Å². The lowest BCUT2D eigenvalue weighted by atomic mass is 10.2. The summed E-state index contributed by atoms with van der Waals surface area (Å²) < 4.78 is 38.6. The normalized spacial score (nSPS) is 13.8. The van der Waals surface area contributed by atoms with E-state index in [1.807, 2.05) is 18.3 Å². The topological polar surface area (TPSA) is 17.0 Å². The maximum atomic E-state index is 12.2. The van der Waals surface area contributed by atoms with Crippen LogP contribution in [0.1, 0.15) is 19.8 Å². The Morgan fingerprint density at radius 1 is 1.20 bits per heavy atom. The van der Waals surface area contributed by atoms with Crippen LogP contribution in [0.15, 0.2) is 36.5 Å². The molecule has 0 aliphatic heterocycles. The Hall–Kier alpha value is -1.49. The Morgan fingerprint density at radius 2 is 1.95 bits per heavy atom. The summed E-state index contributed by atoms with van der Waals surface area (Å²) in [6.45, 7) is 2.96. The predicted molar refractivity (Wildman–Crippen MR) is 74.7 cm³/mol. The van der Waals surface area contributed by atoms with Gasteiger partial charge in [-0.3, -0.25) is 0 Å². The van der Waals surface area contributed by atoms with Gasteiger partial charge >= 0.3 is 6.18 Å². The monoisotopic (exact) mass is 284 g/mol. The fourth-order valence-electron chi connectivity index (χ4n) is 2.35.